The van der Waals surface area contributed by atoms with Crippen molar-refractivity contribution in [3.8, 4) is 0 Å². The molecule has 4 aromatic carbocycles. The highest BCUT2D eigenvalue weighted by Crippen LogP contribution is 2.48. The van der Waals surface area contributed by atoms with E-state index in [-0.39, 0.29) is 34.9 Å². The van der Waals surface area contributed by atoms with E-state index >= 15 is 0 Å². The summed E-state index contributed by atoms with van der Waals surface area (Å²) >= 11 is 0. The molecule has 0 saturated heterocycles. The number of rotatable bonds is 11. The van der Waals surface area contributed by atoms with Gasteiger partial charge in [0.05, 0.1) is 11.5 Å². The van der Waals surface area contributed by atoms with Gasteiger partial charge >= 0.3 is 5.97 Å². The summed E-state index contributed by atoms with van der Waals surface area (Å²) in [5, 5.41) is 6.36. The fraction of sp³-hybridized carbons (Fsp3) is 0.500. The van der Waals surface area contributed by atoms with Gasteiger partial charge < -0.3 is 15.0 Å². The van der Waals surface area contributed by atoms with Crippen LogP contribution in [0.15, 0.2) is 84.9 Å². The zero-order chi connectivity index (χ0) is 36.3. The van der Waals surface area contributed by atoms with E-state index in [0.29, 0.717) is 0 Å². The number of carbonyl (C=O) groups excluding carboxylic acids is 1. The number of ether oxygens (including phenoxy) is 1. The highest BCUT2D eigenvalue weighted by atomic mass is 16.5. The van der Waals surface area contributed by atoms with Crippen LogP contribution in [0.3, 0.4) is 0 Å². The Hall–Kier alpha value is -3.79. The largest absolute Gasteiger partial charge is 0.460 e. The van der Waals surface area contributed by atoms with Gasteiger partial charge in [-0.1, -0.05) is 120 Å². The maximum Gasteiger partial charge on any atom is 0.312 e. The average molecular weight is 675 g/mol. The smallest absolute Gasteiger partial charge is 0.312 e. The highest BCUT2D eigenvalue weighted by molar-refractivity contribution is 5.97. The van der Waals surface area contributed by atoms with E-state index in [9.17, 15) is 4.79 Å². The van der Waals surface area contributed by atoms with Crippen LogP contribution >= 0.6 is 0 Å². The van der Waals surface area contributed by atoms with Crippen molar-refractivity contribution in [1.82, 2.24) is 0 Å². The Balaban J connectivity index is 1.50. The Morgan fingerprint density at radius 3 is 1.94 bits per heavy atom. The Labute approximate surface area is 303 Å². The molecule has 1 aliphatic carbocycles. The molecule has 4 aromatic rings. The number of benzene rings is 4. The topological polar surface area (TPSA) is 41.6 Å². The van der Waals surface area contributed by atoms with Gasteiger partial charge in [0.25, 0.3) is 0 Å². The number of anilines is 2. The van der Waals surface area contributed by atoms with Crippen LogP contribution in [0.2, 0.25) is 0 Å². The van der Waals surface area contributed by atoms with Crippen LogP contribution in [-0.4, -0.2) is 31.2 Å². The van der Waals surface area contributed by atoms with E-state index in [1.165, 1.54) is 38.7 Å². The minimum atomic E-state index is -0.587. The van der Waals surface area contributed by atoms with Gasteiger partial charge in [0.1, 0.15) is 6.10 Å². The lowest BCUT2D eigenvalue weighted by Crippen LogP contribution is -2.48. The second-order valence-electron chi connectivity index (χ2n) is 17.2. The third-order valence-electron chi connectivity index (χ3n) is 11.3. The van der Waals surface area contributed by atoms with E-state index in [4.69, 9.17) is 4.74 Å². The van der Waals surface area contributed by atoms with Crippen molar-refractivity contribution in [1.29, 1.82) is 0 Å². The molecular formula is C46H62N2O2. The second kappa shape index (κ2) is 15.2. The molecule has 1 saturated carbocycles. The maximum absolute atomic E-state index is 14.1. The fourth-order valence-corrected chi connectivity index (χ4v) is 8.05. The SMILES string of the molecule is CCN(CC)c1ccc(C(c2ccc(C)cc2)c2ccc(NC3CCCCC3OC(=O)C(C)(CC(C)(C)C)C(C)(C)C)c3ccccc23)cc1. The summed E-state index contributed by atoms with van der Waals surface area (Å²) in [6.07, 6.45) is 4.67. The molecule has 4 atom stereocenters. The molecule has 268 valence electrons. The molecule has 4 nitrogen and oxygen atoms in total. The van der Waals surface area contributed by atoms with Gasteiger partial charge in [-0.15, -0.1) is 0 Å². The molecule has 1 N–H and O–H groups in total. The summed E-state index contributed by atoms with van der Waals surface area (Å²) in [5.41, 5.74) is 6.69. The average Bonchev–Trinajstić information content (AvgIpc) is 3.07. The molecule has 4 unspecified atom stereocenters. The van der Waals surface area contributed by atoms with Crippen molar-refractivity contribution in [2.45, 2.75) is 119 Å². The summed E-state index contributed by atoms with van der Waals surface area (Å²) in [5.74, 6) is 0.0216. The minimum Gasteiger partial charge on any atom is -0.460 e. The van der Waals surface area contributed by atoms with Gasteiger partial charge in [-0.25, -0.2) is 0 Å². The molecule has 1 fully saturated rings. The van der Waals surface area contributed by atoms with Crippen molar-refractivity contribution >= 4 is 28.1 Å². The van der Waals surface area contributed by atoms with Crippen molar-refractivity contribution < 1.29 is 9.53 Å². The number of fused-ring (bicyclic) bond motifs is 1. The summed E-state index contributed by atoms with van der Waals surface area (Å²) < 4.78 is 6.55. The first-order chi connectivity index (χ1) is 23.6. The zero-order valence-electron chi connectivity index (χ0n) is 32.5. The third kappa shape index (κ3) is 8.22. The molecule has 0 spiro atoms. The van der Waals surface area contributed by atoms with Crippen molar-refractivity contribution in [3.63, 3.8) is 0 Å². The van der Waals surface area contributed by atoms with Gasteiger partial charge in [-0.2, -0.15) is 0 Å². The lowest BCUT2D eigenvalue weighted by molar-refractivity contribution is -0.172. The molecule has 4 heteroatoms. The molecule has 1 aliphatic rings. The van der Waals surface area contributed by atoms with Crippen molar-refractivity contribution in [2.75, 3.05) is 23.3 Å². The lowest BCUT2D eigenvalue weighted by atomic mass is 9.61. The normalized spacial score (nSPS) is 18.7. The van der Waals surface area contributed by atoms with Gasteiger partial charge in [-0.05, 0) is 104 Å². The highest BCUT2D eigenvalue weighted by Gasteiger charge is 2.49. The van der Waals surface area contributed by atoms with Crippen LogP contribution in [0.25, 0.3) is 10.8 Å². The molecule has 0 bridgehead atoms. The fourth-order valence-electron chi connectivity index (χ4n) is 8.05. The van der Waals surface area contributed by atoms with Crippen molar-refractivity contribution in [3.05, 3.63) is 107 Å². The summed E-state index contributed by atoms with van der Waals surface area (Å²) in [6.45, 7) is 23.8. The monoisotopic (exact) mass is 674 g/mol. The van der Waals surface area contributed by atoms with E-state index in [0.717, 1.165) is 50.9 Å². The number of aryl methyl sites for hydroxylation is 1. The van der Waals surface area contributed by atoms with Crippen LogP contribution < -0.4 is 10.2 Å². The molecule has 0 aliphatic heterocycles. The first-order valence-electron chi connectivity index (χ1n) is 19.1. The predicted octanol–water partition coefficient (Wildman–Crippen LogP) is 11.9. The van der Waals surface area contributed by atoms with Crippen LogP contribution in [0.4, 0.5) is 11.4 Å². The molecule has 5 rings (SSSR count). The van der Waals surface area contributed by atoms with Crippen LogP contribution in [0.5, 0.6) is 0 Å². The molecule has 0 heterocycles. The first-order valence-corrected chi connectivity index (χ1v) is 19.1. The number of nitrogens with zero attached hydrogens (tertiary/aromatic N) is 1. The van der Waals surface area contributed by atoms with Crippen molar-refractivity contribution in [2.24, 2.45) is 16.2 Å². The Morgan fingerprint density at radius 1 is 0.780 bits per heavy atom. The van der Waals surface area contributed by atoms with E-state index in [1.54, 1.807) is 0 Å². The molecule has 0 radical (unpaired) electrons. The standard InChI is InChI=1S/C46H62N2O2/c1-11-48(12-2)35-27-25-34(26-28-35)42(33-23-21-32(3)22-24-33)38-29-30-39(37-18-14-13-17-36(37)38)47-40-19-15-16-20-41(40)50-43(49)46(10,45(7,8)9)31-44(4,5)6/h13-14,17-18,21-30,40-42,47H,11-12,15-16,19-20,31H2,1-10H3. The first kappa shape index (κ1) is 37.5. The number of nitrogens with one attached hydrogen (secondary N) is 1. The van der Waals surface area contributed by atoms with Gasteiger partial charge in [0, 0.05) is 35.8 Å². The third-order valence-corrected chi connectivity index (χ3v) is 11.3. The lowest BCUT2D eigenvalue weighted by Gasteiger charge is -2.45. The Morgan fingerprint density at radius 2 is 1.36 bits per heavy atom. The quantitative estimate of drug-likeness (QED) is 0.127. The van der Waals surface area contributed by atoms with Crippen LogP contribution in [-0.2, 0) is 9.53 Å². The van der Waals surface area contributed by atoms with Gasteiger partial charge in [-0.3, -0.25) is 4.79 Å². The number of carbonyl (C=O) groups is 1. The molecule has 0 amide bonds. The van der Waals surface area contributed by atoms with Crippen LogP contribution in [0.1, 0.15) is 123 Å². The predicted molar refractivity (Wildman–Crippen MR) is 213 cm³/mol. The summed E-state index contributed by atoms with van der Waals surface area (Å²) in [6, 6.07) is 31.6. The van der Waals surface area contributed by atoms with Gasteiger partial charge in [0.15, 0.2) is 0 Å². The Kier molecular flexibility index (Phi) is 11.4. The number of hydrogen-bond acceptors (Lipinski definition) is 4. The van der Waals surface area contributed by atoms with E-state index in [2.05, 4.69) is 164 Å². The molecule has 0 aromatic heterocycles. The molecular weight excluding hydrogens is 613 g/mol. The molecule has 50 heavy (non-hydrogen) atoms. The minimum absolute atomic E-state index is 0.00969. The second-order valence-corrected chi connectivity index (χ2v) is 17.2. The zero-order valence-corrected chi connectivity index (χ0v) is 32.5. The van der Waals surface area contributed by atoms with Gasteiger partial charge in [0.2, 0.25) is 0 Å². The van der Waals surface area contributed by atoms with Crippen LogP contribution in [0, 0.1) is 23.2 Å². The number of esters is 1. The maximum atomic E-state index is 14.1. The number of hydrogen-bond donors (Lipinski definition) is 1. The van der Waals surface area contributed by atoms with E-state index in [1.807, 2.05) is 0 Å². The summed E-state index contributed by atoms with van der Waals surface area (Å²) in [7, 11) is 0. The van der Waals surface area contributed by atoms with E-state index < -0.39 is 5.41 Å². The summed E-state index contributed by atoms with van der Waals surface area (Å²) in [4.78, 5) is 16.5. The Bertz CT molecular complexity index is 1720.